The zero-order valence-corrected chi connectivity index (χ0v) is 18.4. The van der Waals surface area contributed by atoms with Crippen molar-refractivity contribution in [3.8, 4) is 0 Å². The van der Waals surface area contributed by atoms with E-state index in [1.165, 1.54) is 24.1 Å². The quantitative estimate of drug-likeness (QED) is 0.344. The van der Waals surface area contributed by atoms with Crippen LogP contribution in [0.2, 0.25) is 0 Å². The third-order valence-electron chi connectivity index (χ3n) is 4.94. The predicted molar refractivity (Wildman–Crippen MR) is 126 cm³/mol. The molecule has 0 spiro atoms. The summed E-state index contributed by atoms with van der Waals surface area (Å²) in [4.78, 5) is 22.7. The molecule has 1 aliphatic rings. The number of halogens is 2. The summed E-state index contributed by atoms with van der Waals surface area (Å²) in [7, 11) is 1.55. The first-order chi connectivity index (χ1) is 16.0. The van der Waals surface area contributed by atoms with Gasteiger partial charge in [-0.3, -0.25) is 19.7 Å². The highest BCUT2D eigenvalue weighted by molar-refractivity contribution is 6.11. The Labute approximate surface area is 191 Å². The van der Waals surface area contributed by atoms with Crippen LogP contribution in [0.3, 0.4) is 0 Å². The fraction of sp³-hybridized carbons (Fsp3) is 0.292. The molecule has 1 aliphatic heterocycles. The number of allylic oxidation sites excluding steroid dienone is 1. The number of alkyl halides is 2. The fourth-order valence-electron chi connectivity index (χ4n) is 3.34. The SMILES string of the molecule is C/N=C\C(=C/NC(F)F)c1ccncc1/C=C/C(=O)Nc1ccc(CN2CCOCC2)cc1. The molecule has 0 unspecified atom stereocenters. The van der Waals surface area contributed by atoms with Crippen molar-refractivity contribution in [2.45, 2.75) is 13.1 Å². The zero-order chi connectivity index (χ0) is 23.5. The van der Waals surface area contributed by atoms with Gasteiger partial charge in [0.15, 0.2) is 0 Å². The van der Waals surface area contributed by atoms with E-state index in [9.17, 15) is 13.6 Å². The number of hydrogen-bond acceptors (Lipinski definition) is 6. The van der Waals surface area contributed by atoms with Crippen LogP contribution >= 0.6 is 0 Å². The van der Waals surface area contributed by atoms with Gasteiger partial charge in [0, 0.05) is 74.4 Å². The number of nitrogens with one attached hydrogen (secondary N) is 2. The highest BCUT2D eigenvalue weighted by atomic mass is 19.3. The Hall–Kier alpha value is -3.43. The Morgan fingerprint density at radius 1 is 1.24 bits per heavy atom. The minimum atomic E-state index is -2.70. The maximum atomic E-state index is 12.6. The molecule has 174 valence electrons. The molecule has 2 aromatic rings. The molecule has 1 saturated heterocycles. The van der Waals surface area contributed by atoms with Gasteiger partial charge < -0.3 is 15.4 Å². The molecule has 0 atom stereocenters. The predicted octanol–water partition coefficient (Wildman–Crippen LogP) is 3.42. The molecule has 1 aromatic heterocycles. The average Bonchev–Trinajstić information content (AvgIpc) is 2.82. The van der Waals surface area contributed by atoms with Gasteiger partial charge in [-0.2, -0.15) is 8.78 Å². The molecule has 3 rings (SSSR count). The maximum Gasteiger partial charge on any atom is 0.312 e. The molecule has 1 amide bonds. The van der Waals surface area contributed by atoms with Gasteiger partial charge in [-0.1, -0.05) is 12.1 Å². The van der Waals surface area contributed by atoms with E-state index in [1.54, 1.807) is 31.6 Å². The topological polar surface area (TPSA) is 78.8 Å². The van der Waals surface area contributed by atoms with Crippen LogP contribution in [0.15, 0.2) is 60.0 Å². The third kappa shape index (κ3) is 7.89. The Morgan fingerprint density at radius 3 is 2.70 bits per heavy atom. The summed E-state index contributed by atoms with van der Waals surface area (Å²) in [6.45, 7) is 1.49. The second-order valence-corrected chi connectivity index (χ2v) is 7.33. The van der Waals surface area contributed by atoms with Gasteiger partial charge in [0.05, 0.1) is 13.2 Å². The largest absolute Gasteiger partial charge is 0.379 e. The highest BCUT2D eigenvalue weighted by Gasteiger charge is 2.11. The number of hydrogen-bond donors (Lipinski definition) is 2. The van der Waals surface area contributed by atoms with Gasteiger partial charge in [-0.25, -0.2) is 0 Å². The number of benzene rings is 1. The van der Waals surface area contributed by atoms with Crippen molar-refractivity contribution in [1.82, 2.24) is 15.2 Å². The molecule has 1 aromatic carbocycles. The summed E-state index contributed by atoms with van der Waals surface area (Å²) >= 11 is 0. The van der Waals surface area contributed by atoms with Gasteiger partial charge in [0.2, 0.25) is 5.91 Å². The molecule has 0 bridgehead atoms. The van der Waals surface area contributed by atoms with Crippen LogP contribution in [-0.2, 0) is 16.1 Å². The van der Waals surface area contributed by atoms with E-state index in [4.69, 9.17) is 4.74 Å². The smallest absolute Gasteiger partial charge is 0.312 e. The first-order valence-electron chi connectivity index (χ1n) is 10.5. The van der Waals surface area contributed by atoms with Gasteiger partial charge in [0.25, 0.3) is 0 Å². The van der Waals surface area contributed by atoms with E-state index in [2.05, 4.69) is 20.2 Å². The van der Waals surface area contributed by atoms with Crippen LogP contribution in [0.5, 0.6) is 0 Å². The van der Waals surface area contributed by atoms with Crippen molar-refractivity contribution < 1.29 is 18.3 Å². The van der Waals surface area contributed by atoms with E-state index < -0.39 is 6.55 Å². The van der Waals surface area contributed by atoms with Crippen molar-refractivity contribution in [2.24, 2.45) is 4.99 Å². The van der Waals surface area contributed by atoms with E-state index in [0.29, 0.717) is 22.4 Å². The zero-order valence-electron chi connectivity index (χ0n) is 18.4. The molecule has 33 heavy (non-hydrogen) atoms. The summed E-state index contributed by atoms with van der Waals surface area (Å²) in [6, 6.07) is 9.39. The van der Waals surface area contributed by atoms with Gasteiger partial charge >= 0.3 is 6.55 Å². The van der Waals surface area contributed by atoms with E-state index in [-0.39, 0.29) is 5.91 Å². The van der Waals surface area contributed by atoms with E-state index >= 15 is 0 Å². The number of morpholine rings is 1. The van der Waals surface area contributed by atoms with Gasteiger partial charge in [-0.05, 0) is 35.4 Å². The lowest BCUT2D eigenvalue weighted by atomic mass is 10.0. The number of ether oxygens (including phenoxy) is 1. The Balaban J connectivity index is 1.64. The number of anilines is 1. The minimum absolute atomic E-state index is 0.314. The molecule has 2 N–H and O–H groups in total. The molecular formula is C24H27F2N5O2. The normalized spacial score (nSPS) is 15.5. The van der Waals surface area contributed by atoms with Crippen LogP contribution in [0.1, 0.15) is 16.7 Å². The minimum Gasteiger partial charge on any atom is -0.379 e. The van der Waals surface area contributed by atoms with Crippen molar-refractivity contribution >= 4 is 29.5 Å². The van der Waals surface area contributed by atoms with Crippen molar-refractivity contribution in [3.05, 3.63) is 71.7 Å². The summed E-state index contributed by atoms with van der Waals surface area (Å²) in [6.07, 6.45) is 8.71. The number of pyridine rings is 1. The molecule has 0 aliphatic carbocycles. The average molecular weight is 456 g/mol. The van der Waals surface area contributed by atoms with Crippen LogP contribution in [0.25, 0.3) is 11.6 Å². The molecule has 9 heteroatoms. The summed E-state index contributed by atoms with van der Waals surface area (Å²) in [5, 5.41) is 4.79. The summed E-state index contributed by atoms with van der Waals surface area (Å²) in [5.74, 6) is -0.314. The summed E-state index contributed by atoms with van der Waals surface area (Å²) < 4.78 is 30.5. The number of carbonyl (C=O) groups excluding carboxylic acids is 1. The molecule has 0 saturated carbocycles. The highest BCUT2D eigenvalue weighted by Crippen LogP contribution is 2.19. The monoisotopic (exact) mass is 455 g/mol. The van der Waals surface area contributed by atoms with Gasteiger partial charge in [-0.15, -0.1) is 0 Å². The van der Waals surface area contributed by atoms with Crippen molar-refractivity contribution in [3.63, 3.8) is 0 Å². The number of aromatic nitrogens is 1. The Morgan fingerprint density at radius 2 is 2.00 bits per heavy atom. The lowest BCUT2D eigenvalue weighted by Gasteiger charge is -2.26. The number of rotatable bonds is 9. The first-order valence-corrected chi connectivity index (χ1v) is 10.5. The standard InChI is InChI=1S/C24H27F2N5O2/c1-27-14-20(16-29-24(25)26)22-8-9-28-15-19(22)4-7-23(32)30-21-5-2-18(3-6-21)17-31-10-12-33-13-11-31/h2-9,14-16,24,29H,10-13,17H2,1H3,(H,30,32)/b7-4+,20-16+,27-14-. The number of amides is 1. The lowest BCUT2D eigenvalue weighted by molar-refractivity contribution is -0.111. The van der Waals surface area contributed by atoms with Crippen molar-refractivity contribution in [1.29, 1.82) is 0 Å². The second-order valence-electron chi connectivity index (χ2n) is 7.33. The Kier molecular flexibility index (Phi) is 9.22. The number of carbonyl (C=O) groups is 1. The Bertz CT molecular complexity index is 1000. The second kappa shape index (κ2) is 12.6. The van der Waals surface area contributed by atoms with Crippen LogP contribution in [0, 0.1) is 0 Å². The molecule has 7 nitrogen and oxygen atoms in total. The molecular weight excluding hydrogens is 428 g/mol. The summed E-state index contributed by atoms with van der Waals surface area (Å²) in [5.41, 5.74) is 3.49. The lowest BCUT2D eigenvalue weighted by Crippen LogP contribution is -2.35. The maximum absolute atomic E-state index is 12.6. The fourth-order valence-corrected chi connectivity index (χ4v) is 3.34. The molecule has 0 radical (unpaired) electrons. The number of aliphatic imine (C=N–C) groups is 1. The molecule has 1 fully saturated rings. The van der Waals surface area contributed by atoms with Crippen LogP contribution in [-0.4, -0.2) is 61.9 Å². The molecule has 2 heterocycles. The van der Waals surface area contributed by atoms with Gasteiger partial charge in [0.1, 0.15) is 0 Å². The van der Waals surface area contributed by atoms with E-state index in [0.717, 1.165) is 32.8 Å². The van der Waals surface area contributed by atoms with Crippen LogP contribution < -0.4 is 10.6 Å². The van der Waals surface area contributed by atoms with E-state index in [1.807, 2.05) is 29.6 Å². The van der Waals surface area contributed by atoms with Crippen LogP contribution in [0.4, 0.5) is 14.5 Å². The third-order valence-corrected chi connectivity index (χ3v) is 4.94. The first kappa shape index (κ1) is 24.2. The van der Waals surface area contributed by atoms with Crippen molar-refractivity contribution in [2.75, 3.05) is 38.7 Å². The number of nitrogens with zero attached hydrogens (tertiary/aromatic N) is 3.